The Hall–Kier alpha value is -2.47. The van der Waals surface area contributed by atoms with Crippen LogP contribution in [0.5, 0.6) is 0 Å². The number of rotatable bonds is 3. The van der Waals surface area contributed by atoms with Crippen LogP contribution in [0.4, 0.5) is 0 Å². The molecule has 0 aliphatic carbocycles. The molecular formula is C18H14BrN3O2. The van der Waals surface area contributed by atoms with E-state index in [-0.39, 0.29) is 18.4 Å². The molecule has 1 aliphatic rings. The van der Waals surface area contributed by atoms with E-state index in [1.54, 1.807) is 24.3 Å². The number of amides is 2. The molecule has 2 amide bonds. The topological polar surface area (TPSA) is 55.2 Å². The molecule has 6 heteroatoms. The number of imidazole rings is 1. The van der Waals surface area contributed by atoms with Gasteiger partial charge in [-0.05, 0) is 37.3 Å². The number of imide groups is 1. The van der Waals surface area contributed by atoms with Crippen LogP contribution in [0.3, 0.4) is 0 Å². The van der Waals surface area contributed by atoms with Gasteiger partial charge >= 0.3 is 0 Å². The number of fused-ring (bicyclic) bond motifs is 2. The molecule has 2 heterocycles. The Labute approximate surface area is 147 Å². The molecule has 0 spiro atoms. The van der Waals surface area contributed by atoms with E-state index in [1.807, 2.05) is 29.7 Å². The zero-order valence-electron chi connectivity index (χ0n) is 13.0. The second-order valence-corrected chi connectivity index (χ2v) is 6.56. The summed E-state index contributed by atoms with van der Waals surface area (Å²) < 4.78 is 3.00. The lowest BCUT2D eigenvalue weighted by atomic mass is 10.1. The van der Waals surface area contributed by atoms with Gasteiger partial charge in [-0.25, -0.2) is 4.98 Å². The van der Waals surface area contributed by atoms with Crippen molar-refractivity contribution in [3.63, 3.8) is 0 Å². The summed E-state index contributed by atoms with van der Waals surface area (Å²) in [4.78, 5) is 31.0. The van der Waals surface area contributed by atoms with Crippen molar-refractivity contribution in [1.29, 1.82) is 0 Å². The summed E-state index contributed by atoms with van der Waals surface area (Å²) in [6, 6.07) is 12.8. The van der Waals surface area contributed by atoms with Gasteiger partial charge in [0.15, 0.2) is 0 Å². The van der Waals surface area contributed by atoms with Crippen molar-refractivity contribution >= 4 is 38.8 Å². The first-order chi connectivity index (χ1) is 11.6. The first-order valence-electron chi connectivity index (χ1n) is 7.70. The number of benzene rings is 2. The molecule has 120 valence electrons. The zero-order chi connectivity index (χ0) is 16.8. The number of carbonyl (C=O) groups excluding carboxylic acids is 2. The lowest BCUT2D eigenvalue weighted by molar-refractivity contribution is 0.0637. The maximum Gasteiger partial charge on any atom is 0.261 e. The minimum Gasteiger partial charge on any atom is -0.327 e. The molecule has 4 rings (SSSR count). The number of nitrogens with zero attached hydrogens (tertiary/aromatic N) is 3. The van der Waals surface area contributed by atoms with Gasteiger partial charge in [-0.2, -0.15) is 0 Å². The molecular weight excluding hydrogens is 370 g/mol. The monoisotopic (exact) mass is 383 g/mol. The Bertz CT molecular complexity index is 958. The van der Waals surface area contributed by atoms with Crippen molar-refractivity contribution < 1.29 is 9.59 Å². The molecule has 0 bridgehead atoms. The highest BCUT2D eigenvalue weighted by molar-refractivity contribution is 9.10. The van der Waals surface area contributed by atoms with E-state index in [0.29, 0.717) is 23.5 Å². The smallest absolute Gasteiger partial charge is 0.261 e. The Balaban J connectivity index is 1.76. The Morgan fingerprint density at radius 1 is 1.04 bits per heavy atom. The fraction of sp³-hybridized carbons (Fsp3) is 0.167. The highest BCUT2D eigenvalue weighted by Gasteiger charge is 2.35. The third-order valence-electron chi connectivity index (χ3n) is 4.28. The van der Waals surface area contributed by atoms with Gasteiger partial charge in [0.05, 0.1) is 28.7 Å². The molecule has 0 saturated heterocycles. The van der Waals surface area contributed by atoms with Crippen LogP contribution in [0.1, 0.15) is 33.5 Å². The second kappa shape index (κ2) is 5.56. The third-order valence-corrected chi connectivity index (χ3v) is 4.78. The minimum atomic E-state index is -0.258. The Morgan fingerprint density at radius 3 is 2.33 bits per heavy atom. The molecule has 5 nitrogen and oxygen atoms in total. The van der Waals surface area contributed by atoms with E-state index in [9.17, 15) is 9.59 Å². The van der Waals surface area contributed by atoms with Crippen molar-refractivity contribution in [2.24, 2.45) is 0 Å². The zero-order valence-corrected chi connectivity index (χ0v) is 14.6. The second-order valence-electron chi connectivity index (χ2n) is 5.65. The van der Waals surface area contributed by atoms with Crippen molar-refractivity contribution in [2.45, 2.75) is 20.0 Å². The average molecular weight is 384 g/mol. The van der Waals surface area contributed by atoms with Crippen LogP contribution in [0, 0.1) is 0 Å². The van der Waals surface area contributed by atoms with Crippen LogP contribution in [0.15, 0.2) is 46.9 Å². The standard InChI is InChI=1S/C18H14BrN3O2/c1-2-21-15-9-11(19)7-8-14(15)20-16(21)10-22-17(23)12-5-3-4-6-13(12)18(22)24/h3-9H,2,10H2,1H3. The summed E-state index contributed by atoms with van der Waals surface area (Å²) >= 11 is 3.47. The van der Waals surface area contributed by atoms with Crippen LogP contribution >= 0.6 is 15.9 Å². The number of carbonyl (C=O) groups is 2. The number of hydrogen-bond acceptors (Lipinski definition) is 3. The summed E-state index contributed by atoms with van der Waals surface area (Å²) in [6.07, 6.45) is 0. The minimum absolute atomic E-state index is 0.173. The van der Waals surface area contributed by atoms with E-state index in [0.717, 1.165) is 15.5 Å². The molecule has 0 unspecified atom stereocenters. The molecule has 0 saturated carbocycles. The molecule has 3 aromatic rings. The molecule has 0 atom stereocenters. The van der Waals surface area contributed by atoms with Gasteiger partial charge in [-0.3, -0.25) is 14.5 Å². The van der Waals surface area contributed by atoms with Crippen LogP contribution < -0.4 is 0 Å². The lowest BCUT2D eigenvalue weighted by Gasteiger charge is -2.14. The van der Waals surface area contributed by atoms with Crippen molar-refractivity contribution in [3.8, 4) is 0 Å². The first kappa shape index (κ1) is 15.1. The van der Waals surface area contributed by atoms with Crippen LogP contribution in [-0.4, -0.2) is 26.3 Å². The van der Waals surface area contributed by atoms with Crippen LogP contribution in [0.2, 0.25) is 0 Å². The van der Waals surface area contributed by atoms with Crippen LogP contribution in [0.25, 0.3) is 11.0 Å². The number of hydrogen-bond donors (Lipinski definition) is 0. The van der Waals surface area contributed by atoms with Crippen molar-refractivity contribution in [2.75, 3.05) is 0 Å². The van der Waals surface area contributed by atoms with Gasteiger partial charge in [0.1, 0.15) is 5.82 Å². The summed E-state index contributed by atoms with van der Waals surface area (Å²) in [7, 11) is 0. The van der Waals surface area contributed by atoms with E-state index in [1.165, 1.54) is 4.90 Å². The normalized spacial score (nSPS) is 13.8. The van der Waals surface area contributed by atoms with Gasteiger partial charge in [0, 0.05) is 11.0 Å². The third kappa shape index (κ3) is 2.17. The predicted molar refractivity (Wildman–Crippen MR) is 93.8 cm³/mol. The fourth-order valence-electron chi connectivity index (χ4n) is 3.14. The average Bonchev–Trinajstić information content (AvgIpc) is 3.05. The number of halogens is 1. The molecule has 24 heavy (non-hydrogen) atoms. The highest BCUT2D eigenvalue weighted by Crippen LogP contribution is 2.26. The maximum atomic E-state index is 12.5. The van der Waals surface area contributed by atoms with Gasteiger partial charge in [-0.1, -0.05) is 28.1 Å². The summed E-state index contributed by atoms with van der Waals surface area (Å²) in [5.41, 5.74) is 2.76. The Kier molecular flexibility index (Phi) is 3.49. The summed E-state index contributed by atoms with van der Waals surface area (Å²) in [5.74, 6) is 0.193. The summed E-state index contributed by atoms with van der Waals surface area (Å²) in [5, 5.41) is 0. The van der Waals surface area contributed by atoms with E-state index >= 15 is 0 Å². The van der Waals surface area contributed by atoms with E-state index in [4.69, 9.17) is 0 Å². The summed E-state index contributed by atoms with van der Waals surface area (Å²) in [6.45, 7) is 2.91. The molecule has 2 aromatic carbocycles. The van der Waals surface area contributed by atoms with E-state index < -0.39 is 0 Å². The van der Waals surface area contributed by atoms with Gasteiger partial charge in [0.2, 0.25) is 0 Å². The molecule has 0 fully saturated rings. The molecule has 1 aliphatic heterocycles. The van der Waals surface area contributed by atoms with Gasteiger partial charge in [-0.15, -0.1) is 0 Å². The molecule has 0 N–H and O–H groups in total. The first-order valence-corrected chi connectivity index (χ1v) is 8.49. The number of aromatic nitrogens is 2. The van der Waals surface area contributed by atoms with E-state index in [2.05, 4.69) is 20.9 Å². The van der Waals surface area contributed by atoms with Crippen molar-refractivity contribution in [1.82, 2.24) is 14.5 Å². The predicted octanol–water partition coefficient (Wildman–Crippen LogP) is 3.61. The molecule has 0 radical (unpaired) electrons. The largest absolute Gasteiger partial charge is 0.327 e. The van der Waals surface area contributed by atoms with Gasteiger partial charge < -0.3 is 4.57 Å². The van der Waals surface area contributed by atoms with Gasteiger partial charge in [0.25, 0.3) is 11.8 Å². The Morgan fingerprint density at radius 2 is 1.71 bits per heavy atom. The maximum absolute atomic E-state index is 12.5. The lowest BCUT2D eigenvalue weighted by Crippen LogP contribution is -2.30. The molecule has 1 aromatic heterocycles. The quantitative estimate of drug-likeness (QED) is 0.649. The SMILES string of the molecule is CCn1c(CN2C(=O)c3ccccc3C2=O)nc2ccc(Br)cc21. The highest BCUT2D eigenvalue weighted by atomic mass is 79.9. The fourth-order valence-corrected chi connectivity index (χ4v) is 3.49. The number of aryl methyl sites for hydroxylation is 1. The van der Waals surface area contributed by atoms with Crippen LogP contribution in [-0.2, 0) is 13.1 Å². The van der Waals surface area contributed by atoms with Crippen molar-refractivity contribution in [3.05, 3.63) is 63.9 Å².